The van der Waals surface area contributed by atoms with E-state index in [0.29, 0.717) is 24.0 Å². The largest absolute Gasteiger partial charge is 0.494 e. The van der Waals surface area contributed by atoms with E-state index in [-0.39, 0.29) is 5.91 Å². The summed E-state index contributed by atoms with van der Waals surface area (Å²) >= 11 is 0. The molecule has 0 saturated heterocycles. The van der Waals surface area contributed by atoms with Crippen molar-refractivity contribution in [3.05, 3.63) is 59.7 Å². The Balaban J connectivity index is 1.91. The normalized spacial score (nSPS) is 10.9. The smallest absolute Gasteiger partial charge is 0.255 e. The molecule has 0 aromatic heterocycles. The Hall–Kier alpha value is -2.29. The van der Waals surface area contributed by atoms with Crippen LogP contribution in [0.15, 0.2) is 48.5 Å². The molecule has 128 valence electrons. The molecule has 0 spiro atoms. The lowest BCUT2D eigenvalue weighted by atomic mass is 10.0. The summed E-state index contributed by atoms with van der Waals surface area (Å²) in [5, 5.41) is 2.91. The minimum absolute atomic E-state index is 0.0983. The number of nitrogens with one attached hydrogen (secondary N) is 1. The molecule has 2 rings (SSSR count). The third-order valence-electron chi connectivity index (χ3n) is 3.92. The highest BCUT2D eigenvalue weighted by Gasteiger charge is 2.07. The number of amides is 1. The molecule has 0 heterocycles. The van der Waals surface area contributed by atoms with Gasteiger partial charge in [-0.15, -0.1) is 0 Å². The second kappa shape index (κ2) is 8.53. The number of hydrogen-bond acceptors (Lipinski definition) is 2. The van der Waals surface area contributed by atoms with Crippen LogP contribution in [0.2, 0.25) is 0 Å². The summed E-state index contributed by atoms with van der Waals surface area (Å²) in [6, 6.07) is 15.3. The second-order valence-corrected chi connectivity index (χ2v) is 6.79. The number of rotatable bonds is 7. The molecule has 1 N–H and O–H groups in total. The number of carbonyl (C=O) groups excluding carboxylic acids is 1. The van der Waals surface area contributed by atoms with Gasteiger partial charge in [0.25, 0.3) is 5.91 Å². The first kappa shape index (κ1) is 18.1. The number of ether oxygens (including phenoxy) is 1. The van der Waals surface area contributed by atoms with Crippen molar-refractivity contribution < 1.29 is 9.53 Å². The first-order valence-corrected chi connectivity index (χ1v) is 8.60. The molecule has 1 amide bonds. The third-order valence-corrected chi connectivity index (χ3v) is 3.92. The molecule has 2 aromatic carbocycles. The predicted molar refractivity (Wildman–Crippen MR) is 99.9 cm³/mol. The molecule has 3 nitrogen and oxygen atoms in total. The average molecular weight is 325 g/mol. The number of carbonyl (C=O) groups is 1. The molecule has 0 radical (unpaired) electrons. The Morgan fingerprint density at radius 3 is 2.12 bits per heavy atom. The SMILES string of the molecule is CC(C)CCOc1ccc(NC(=O)c2ccc(C(C)C)cc2)cc1. The summed E-state index contributed by atoms with van der Waals surface area (Å²) in [5.41, 5.74) is 2.66. The van der Waals surface area contributed by atoms with E-state index in [1.54, 1.807) is 0 Å². The van der Waals surface area contributed by atoms with Crippen LogP contribution in [-0.2, 0) is 0 Å². The van der Waals surface area contributed by atoms with E-state index in [1.165, 1.54) is 5.56 Å². The molecular weight excluding hydrogens is 298 g/mol. The summed E-state index contributed by atoms with van der Waals surface area (Å²) in [4.78, 5) is 12.3. The molecule has 0 aliphatic rings. The number of anilines is 1. The Kier molecular flexibility index (Phi) is 6.42. The van der Waals surface area contributed by atoms with Crippen molar-refractivity contribution in [2.24, 2.45) is 5.92 Å². The summed E-state index contributed by atoms with van der Waals surface area (Å²) in [5.74, 6) is 1.82. The monoisotopic (exact) mass is 325 g/mol. The van der Waals surface area contributed by atoms with Gasteiger partial charge in [-0.2, -0.15) is 0 Å². The minimum Gasteiger partial charge on any atom is -0.494 e. The summed E-state index contributed by atoms with van der Waals surface area (Å²) in [6.07, 6.45) is 1.03. The van der Waals surface area contributed by atoms with Crippen LogP contribution in [0.5, 0.6) is 5.75 Å². The maximum absolute atomic E-state index is 12.3. The molecule has 0 aliphatic carbocycles. The van der Waals surface area contributed by atoms with Gasteiger partial charge in [0.05, 0.1) is 6.61 Å². The molecule has 0 bridgehead atoms. The maximum atomic E-state index is 12.3. The van der Waals surface area contributed by atoms with Crippen molar-refractivity contribution in [2.45, 2.75) is 40.0 Å². The Morgan fingerprint density at radius 2 is 1.58 bits per heavy atom. The topological polar surface area (TPSA) is 38.3 Å². The maximum Gasteiger partial charge on any atom is 0.255 e. The summed E-state index contributed by atoms with van der Waals surface area (Å²) in [6.45, 7) is 9.34. The van der Waals surface area contributed by atoms with Crippen molar-refractivity contribution >= 4 is 11.6 Å². The first-order chi connectivity index (χ1) is 11.5. The quantitative estimate of drug-likeness (QED) is 0.731. The molecular formula is C21H27NO2. The highest BCUT2D eigenvalue weighted by Crippen LogP contribution is 2.18. The zero-order chi connectivity index (χ0) is 17.5. The standard InChI is InChI=1S/C21H27NO2/c1-15(2)13-14-24-20-11-9-19(10-12-20)22-21(23)18-7-5-17(6-8-18)16(3)4/h5-12,15-16H,13-14H2,1-4H3,(H,22,23). The van der Waals surface area contributed by atoms with Gasteiger partial charge in [0.2, 0.25) is 0 Å². The van der Waals surface area contributed by atoms with Gasteiger partial charge in [0, 0.05) is 11.3 Å². The lowest BCUT2D eigenvalue weighted by molar-refractivity contribution is 0.102. The molecule has 2 aromatic rings. The highest BCUT2D eigenvalue weighted by atomic mass is 16.5. The van der Waals surface area contributed by atoms with Crippen molar-refractivity contribution in [1.82, 2.24) is 0 Å². The predicted octanol–water partition coefficient (Wildman–Crippen LogP) is 5.49. The fourth-order valence-corrected chi connectivity index (χ4v) is 2.27. The number of benzene rings is 2. The molecule has 0 aliphatic heterocycles. The molecule has 0 atom stereocenters. The Bertz CT molecular complexity index is 643. The van der Waals surface area contributed by atoms with Gasteiger partial charge in [-0.05, 0) is 60.2 Å². The summed E-state index contributed by atoms with van der Waals surface area (Å²) in [7, 11) is 0. The summed E-state index contributed by atoms with van der Waals surface area (Å²) < 4.78 is 5.68. The van der Waals surface area contributed by atoms with Crippen molar-refractivity contribution in [3.63, 3.8) is 0 Å². The Morgan fingerprint density at radius 1 is 0.958 bits per heavy atom. The van der Waals surface area contributed by atoms with E-state index >= 15 is 0 Å². The minimum atomic E-state index is -0.0983. The third kappa shape index (κ3) is 5.41. The van der Waals surface area contributed by atoms with E-state index in [0.717, 1.165) is 17.9 Å². The van der Waals surface area contributed by atoms with Gasteiger partial charge < -0.3 is 10.1 Å². The Labute approximate surface area is 145 Å². The molecule has 0 fully saturated rings. The van der Waals surface area contributed by atoms with E-state index in [9.17, 15) is 4.79 Å². The van der Waals surface area contributed by atoms with Crippen molar-refractivity contribution in [1.29, 1.82) is 0 Å². The zero-order valence-electron chi connectivity index (χ0n) is 15.0. The van der Waals surface area contributed by atoms with Gasteiger partial charge in [-0.25, -0.2) is 0 Å². The van der Waals surface area contributed by atoms with Crippen molar-refractivity contribution in [3.8, 4) is 5.75 Å². The fourth-order valence-electron chi connectivity index (χ4n) is 2.27. The van der Waals surface area contributed by atoms with Crippen LogP contribution in [0.25, 0.3) is 0 Å². The second-order valence-electron chi connectivity index (χ2n) is 6.79. The lowest BCUT2D eigenvalue weighted by Gasteiger charge is -2.10. The van der Waals surface area contributed by atoms with Crippen LogP contribution in [0, 0.1) is 5.92 Å². The van der Waals surface area contributed by atoms with Gasteiger partial charge in [0.15, 0.2) is 0 Å². The molecule has 24 heavy (non-hydrogen) atoms. The van der Waals surface area contributed by atoms with Crippen molar-refractivity contribution in [2.75, 3.05) is 11.9 Å². The molecule has 0 saturated carbocycles. The van der Waals surface area contributed by atoms with Crippen LogP contribution in [0.1, 0.15) is 56.0 Å². The van der Waals surface area contributed by atoms with Gasteiger partial charge in [-0.1, -0.05) is 39.8 Å². The van der Waals surface area contributed by atoms with Gasteiger partial charge >= 0.3 is 0 Å². The van der Waals surface area contributed by atoms with E-state index in [1.807, 2.05) is 48.5 Å². The lowest BCUT2D eigenvalue weighted by Crippen LogP contribution is -2.11. The molecule has 0 unspecified atom stereocenters. The van der Waals surface area contributed by atoms with Gasteiger partial charge in [-0.3, -0.25) is 4.79 Å². The zero-order valence-corrected chi connectivity index (χ0v) is 15.0. The van der Waals surface area contributed by atoms with Crippen LogP contribution in [-0.4, -0.2) is 12.5 Å². The van der Waals surface area contributed by atoms with Gasteiger partial charge in [0.1, 0.15) is 5.75 Å². The van der Waals surface area contributed by atoms with Crippen LogP contribution < -0.4 is 10.1 Å². The average Bonchev–Trinajstić information content (AvgIpc) is 2.56. The van der Waals surface area contributed by atoms with E-state index in [4.69, 9.17) is 4.74 Å². The highest BCUT2D eigenvalue weighted by molar-refractivity contribution is 6.04. The van der Waals surface area contributed by atoms with Crippen LogP contribution in [0.4, 0.5) is 5.69 Å². The van der Waals surface area contributed by atoms with E-state index in [2.05, 4.69) is 33.0 Å². The number of hydrogen-bond donors (Lipinski definition) is 1. The molecule has 3 heteroatoms. The van der Waals surface area contributed by atoms with Crippen LogP contribution in [0.3, 0.4) is 0 Å². The fraction of sp³-hybridized carbons (Fsp3) is 0.381. The first-order valence-electron chi connectivity index (χ1n) is 8.60. The van der Waals surface area contributed by atoms with Crippen LogP contribution >= 0.6 is 0 Å². The van der Waals surface area contributed by atoms with E-state index < -0.39 is 0 Å².